The molecule has 14 heavy (non-hydrogen) atoms. The van der Waals surface area contributed by atoms with Crippen LogP contribution in [0.25, 0.3) is 5.57 Å². The second kappa shape index (κ2) is 2.69. The van der Waals surface area contributed by atoms with Crippen LogP contribution in [0, 0.1) is 23.6 Å². The minimum absolute atomic E-state index is 0.0762. The molecule has 0 aliphatic heterocycles. The van der Waals surface area contributed by atoms with E-state index in [1.165, 1.54) is 5.57 Å². The molecule has 2 aliphatic rings. The van der Waals surface area contributed by atoms with E-state index in [0.717, 1.165) is 29.7 Å². The zero-order valence-corrected chi connectivity index (χ0v) is 8.20. The Bertz CT molecular complexity index is 405. The lowest BCUT2D eigenvalue weighted by molar-refractivity contribution is 0.622. The SMILES string of the molecule is CC1C2C=C(c3ccccc3F)CC12. The minimum atomic E-state index is -0.0762. The molecule has 72 valence electrons. The maximum atomic E-state index is 13.4. The minimum Gasteiger partial charge on any atom is -0.206 e. The summed E-state index contributed by atoms with van der Waals surface area (Å²) in [5.41, 5.74) is 2.03. The van der Waals surface area contributed by atoms with Gasteiger partial charge in [0.25, 0.3) is 0 Å². The van der Waals surface area contributed by atoms with E-state index in [0.29, 0.717) is 0 Å². The van der Waals surface area contributed by atoms with Crippen LogP contribution in [0.3, 0.4) is 0 Å². The Hall–Kier alpha value is -1.11. The number of hydrogen-bond donors (Lipinski definition) is 0. The van der Waals surface area contributed by atoms with Gasteiger partial charge in [0, 0.05) is 5.56 Å². The van der Waals surface area contributed by atoms with Gasteiger partial charge in [-0.3, -0.25) is 0 Å². The van der Waals surface area contributed by atoms with Crippen LogP contribution in [-0.2, 0) is 0 Å². The van der Waals surface area contributed by atoms with Crippen molar-refractivity contribution in [2.45, 2.75) is 13.3 Å². The Morgan fingerprint density at radius 3 is 2.71 bits per heavy atom. The molecule has 0 radical (unpaired) electrons. The molecule has 0 bridgehead atoms. The van der Waals surface area contributed by atoms with Crippen molar-refractivity contribution in [3.8, 4) is 0 Å². The molecule has 0 aromatic heterocycles. The lowest BCUT2D eigenvalue weighted by atomic mass is 10.0. The van der Waals surface area contributed by atoms with Gasteiger partial charge in [0.2, 0.25) is 0 Å². The van der Waals surface area contributed by atoms with Gasteiger partial charge in [0.05, 0.1) is 0 Å². The fourth-order valence-electron chi connectivity index (χ4n) is 2.65. The Labute approximate surface area is 83.5 Å². The maximum absolute atomic E-state index is 13.4. The van der Waals surface area contributed by atoms with Gasteiger partial charge in [-0.05, 0) is 35.8 Å². The molecule has 1 aromatic carbocycles. The van der Waals surface area contributed by atoms with Crippen molar-refractivity contribution in [2.24, 2.45) is 17.8 Å². The summed E-state index contributed by atoms with van der Waals surface area (Å²) in [6.07, 6.45) is 3.35. The first kappa shape index (κ1) is 8.22. The summed E-state index contributed by atoms with van der Waals surface area (Å²) < 4.78 is 13.4. The molecular formula is C13H13F. The van der Waals surface area contributed by atoms with Crippen molar-refractivity contribution in [1.82, 2.24) is 0 Å². The Morgan fingerprint density at radius 2 is 2.07 bits per heavy atom. The third-order valence-electron chi connectivity index (χ3n) is 3.71. The molecular weight excluding hydrogens is 175 g/mol. The molecule has 1 aromatic rings. The zero-order chi connectivity index (χ0) is 9.71. The summed E-state index contributed by atoms with van der Waals surface area (Å²) in [4.78, 5) is 0. The van der Waals surface area contributed by atoms with Gasteiger partial charge < -0.3 is 0 Å². The summed E-state index contributed by atoms with van der Waals surface area (Å²) in [5.74, 6) is 2.31. The van der Waals surface area contributed by atoms with Gasteiger partial charge in [-0.15, -0.1) is 0 Å². The molecule has 0 amide bonds. The molecule has 1 heteroatoms. The first-order chi connectivity index (χ1) is 6.77. The standard InChI is InChI=1S/C13H13F/c1-8-11-6-9(7-12(8)11)10-4-2-3-5-13(10)14/h2-6,8,11-12H,7H2,1H3. The lowest BCUT2D eigenvalue weighted by Crippen LogP contribution is -1.90. The molecule has 0 saturated heterocycles. The number of rotatable bonds is 1. The lowest BCUT2D eigenvalue weighted by Gasteiger charge is -2.05. The second-order valence-corrected chi connectivity index (χ2v) is 4.48. The van der Waals surface area contributed by atoms with Crippen molar-refractivity contribution in [3.63, 3.8) is 0 Å². The fraction of sp³-hybridized carbons (Fsp3) is 0.385. The first-order valence-corrected chi connectivity index (χ1v) is 5.23. The van der Waals surface area contributed by atoms with Crippen LogP contribution in [-0.4, -0.2) is 0 Å². The van der Waals surface area contributed by atoms with E-state index in [1.807, 2.05) is 12.1 Å². The summed E-state index contributed by atoms with van der Waals surface area (Å²) >= 11 is 0. The molecule has 2 aliphatic carbocycles. The quantitative estimate of drug-likeness (QED) is 0.632. The number of fused-ring (bicyclic) bond motifs is 1. The van der Waals surface area contributed by atoms with Gasteiger partial charge in [0.1, 0.15) is 5.82 Å². The predicted molar refractivity (Wildman–Crippen MR) is 55.1 cm³/mol. The van der Waals surface area contributed by atoms with E-state index < -0.39 is 0 Å². The van der Waals surface area contributed by atoms with E-state index in [-0.39, 0.29) is 5.82 Å². The summed E-state index contributed by atoms with van der Waals surface area (Å²) in [7, 11) is 0. The van der Waals surface area contributed by atoms with Gasteiger partial charge in [0.15, 0.2) is 0 Å². The second-order valence-electron chi connectivity index (χ2n) is 4.48. The summed E-state index contributed by atoms with van der Waals surface area (Å²) in [6, 6.07) is 7.09. The van der Waals surface area contributed by atoms with Crippen molar-refractivity contribution < 1.29 is 4.39 Å². The molecule has 3 atom stereocenters. The van der Waals surface area contributed by atoms with Crippen LogP contribution in [0.1, 0.15) is 18.9 Å². The number of hydrogen-bond acceptors (Lipinski definition) is 0. The average Bonchev–Trinajstić information content (AvgIpc) is 2.66. The Kier molecular flexibility index (Phi) is 1.58. The normalized spacial score (nSPS) is 33.9. The van der Waals surface area contributed by atoms with E-state index in [2.05, 4.69) is 13.0 Å². The monoisotopic (exact) mass is 188 g/mol. The van der Waals surface area contributed by atoms with Crippen LogP contribution >= 0.6 is 0 Å². The summed E-state index contributed by atoms with van der Waals surface area (Å²) in [6.45, 7) is 2.28. The number of benzene rings is 1. The topological polar surface area (TPSA) is 0 Å². The summed E-state index contributed by atoms with van der Waals surface area (Å²) in [5, 5.41) is 0. The molecule has 0 nitrogen and oxygen atoms in total. The average molecular weight is 188 g/mol. The van der Waals surface area contributed by atoms with E-state index in [4.69, 9.17) is 0 Å². The Morgan fingerprint density at radius 1 is 1.29 bits per heavy atom. The molecule has 1 fully saturated rings. The molecule has 1 saturated carbocycles. The zero-order valence-electron chi connectivity index (χ0n) is 8.20. The highest BCUT2D eigenvalue weighted by molar-refractivity contribution is 5.70. The largest absolute Gasteiger partial charge is 0.206 e. The molecule has 0 heterocycles. The third-order valence-corrected chi connectivity index (χ3v) is 3.71. The van der Waals surface area contributed by atoms with Gasteiger partial charge in [-0.1, -0.05) is 31.2 Å². The first-order valence-electron chi connectivity index (χ1n) is 5.23. The smallest absolute Gasteiger partial charge is 0.130 e. The third kappa shape index (κ3) is 1.05. The Balaban J connectivity index is 1.95. The van der Waals surface area contributed by atoms with E-state index in [1.54, 1.807) is 12.1 Å². The highest BCUT2D eigenvalue weighted by Gasteiger charge is 2.49. The van der Waals surface area contributed by atoms with Crippen LogP contribution in [0.5, 0.6) is 0 Å². The van der Waals surface area contributed by atoms with Crippen LogP contribution in [0.2, 0.25) is 0 Å². The van der Waals surface area contributed by atoms with Gasteiger partial charge in [-0.2, -0.15) is 0 Å². The molecule has 3 rings (SSSR count). The molecule has 3 unspecified atom stereocenters. The molecule has 0 spiro atoms. The van der Waals surface area contributed by atoms with Gasteiger partial charge >= 0.3 is 0 Å². The fourth-order valence-corrected chi connectivity index (χ4v) is 2.65. The van der Waals surface area contributed by atoms with Crippen molar-refractivity contribution in [2.75, 3.05) is 0 Å². The number of allylic oxidation sites excluding steroid dienone is 2. The maximum Gasteiger partial charge on any atom is 0.130 e. The van der Waals surface area contributed by atoms with Crippen molar-refractivity contribution in [1.29, 1.82) is 0 Å². The van der Waals surface area contributed by atoms with Crippen molar-refractivity contribution in [3.05, 3.63) is 41.7 Å². The number of halogens is 1. The van der Waals surface area contributed by atoms with E-state index >= 15 is 0 Å². The predicted octanol–water partition coefficient (Wildman–Crippen LogP) is 3.49. The molecule has 0 N–H and O–H groups in total. The van der Waals surface area contributed by atoms with Gasteiger partial charge in [-0.25, -0.2) is 4.39 Å². The van der Waals surface area contributed by atoms with Crippen molar-refractivity contribution >= 4 is 5.57 Å². The van der Waals surface area contributed by atoms with Crippen LogP contribution < -0.4 is 0 Å². The van der Waals surface area contributed by atoms with E-state index in [9.17, 15) is 4.39 Å². The highest BCUT2D eigenvalue weighted by Crippen LogP contribution is 2.57. The van der Waals surface area contributed by atoms with Crippen LogP contribution in [0.15, 0.2) is 30.3 Å². The highest BCUT2D eigenvalue weighted by atomic mass is 19.1. The van der Waals surface area contributed by atoms with Crippen LogP contribution in [0.4, 0.5) is 4.39 Å².